The molecule has 0 bridgehead atoms. The van der Waals surface area contributed by atoms with Gasteiger partial charge in [0.15, 0.2) is 6.10 Å². The number of hydrogen-bond donors (Lipinski definition) is 0. The highest BCUT2D eigenvalue weighted by Gasteiger charge is 2.48. The van der Waals surface area contributed by atoms with E-state index < -0.39 is 35.9 Å². The fourth-order valence-corrected chi connectivity index (χ4v) is 4.82. The molecule has 0 aliphatic carbocycles. The van der Waals surface area contributed by atoms with Crippen LogP contribution in [-0.2, 0) is 20.7 Å². The van der Waals surface area contributed by atoms with E-state index in [4.69, 9.17) is 4.74 Å². The molecular weight excluding hydrogens is 536 g/mol. The normalized spacial score (nSPS) is 18.6. The Kier molecular flexibility index (Phi) is 7.17. The number of nitrogens with zero attached hydrogens (tertiary/aromatic N) is 1. The molecule has 3 aromatic rings. The van der Waals surface area contributed by atoms with Gasteiger partial charge in [-0.25, -0.2) is 14.1 Å². The maximum atomic E-state index is 14.5. The lowest BCUT2D eigenvalue weighted by molar-refractivity contribution is -0.135. The third-order valence-electron chi connectivity index (χ3n) is 5.74. The molecule has 33 heavy (non-hydrogen) atoms. The zero-order valence-electron chi connectivity index (χ0n) is 17.6. The van der Waals surface area contributed by atoms with Gasteiger partial charge in [0.25, 0.3) is 0 Å². The molecular formula is C26H21FINO4. The van der Waals surface area contributed by atoms with Crippen LogP contribution in [0, 0.1) is 15.3 Å². The van der Waals surface area contributed by atoms with Gasteiger partial charge in [-0.3, -0.25) is 4.79 Å². The molecule has 1 aliphatic heterocycles. The highest BCUT2D eigenvalue weighted by atomic mass is 127. The van der Waals surface area contributed by atoms with Gasteiger partial charge in [0, 0.05) is 21.5 Å². The van der Waals surface area contributed by atoms with Gasteiger partial charge in [-0.05, 0) is 52.3 Å². The minimum Gasteiger partial charge on any atom is -0.438 e. The Morgan fingerprint density at radius 3 is 2.24 bits per heavy atom. The average molecular weight is 557 g/mol. The maximum Gasteiger partial charge on any atom is 0.417 e. The van der Waals surface area contributed by atoms with Crippen molar-refractivity contribution in [3.8, 4) is 0 Å². The molecule has 0 spiro atoms. The number of ether oxygens (including phenoxy) is 1. The van der Waals surface area contributed by atoms with Crippen molar-refractivity contribution in [3.63, 3.8) is 0 Å². The fourth-order valence-electron chi connectivity index (χ4n) is 4.13. The molecule has 7 heteroatoms. The first-order chi connectivity index (χ1) is 16.0. The molecule has 3 unspecified atom stereocenters. The second kappa shape index (κ2) is 10.2. The summed E-state index contributed by atoms with van der Waals surface area (Å²) in [6.45, 7) is 0. The van der Waals surface area contributed by atoms with Crippen LogP contribution < -0.4 is 0 Å². The van der Waals surface area contributed by atoms with Crippen molar-refractivity contribution < 1.29 is 23.5 Å². The Balaban J connectivity index is 1.73. The van der Waals surface area contributed by atoms with E-state index in [1.807, 2.05) is 83.3 Å². The standard InChI is InChI=1S/C26H21FINO4/c27-21-12-7-13-22(28)20(21)16-19(14-15-30)25(31)29-23(17-8-3-1-4-9-17)24(33-26(29)32)18-10-5-2-6-11-18/h1-13,15,19,23-24H,14,16H2. The zero-order chi connectivity index (χ0) is 23.4. The second-order valence-corrected chi connectivity index (χ2v) is 8.94. The van der Waals surface area contributed by atoms with Crippen LogP contribution in [0.1, 0.15) is 35.3 Å². The Hall–Kier alpha value is -3.07. The number of carbonyl (C=O) groups is 3. The number of carbonyl (C=O) groups excluding carboxylic acids is 3. The Bertz CT molecular complexity index is 1140. The van der Waals surface area contributed by atoms with Crippen LogP contribution in [-0.4, -0.2) is 23.2 Å². The molecule has 1 heterocycles. The minimum atomic E-state index is -0.902. The minimum absolute atomic E-state index is 0.00378. The molecule has 1 fully saturated rings. The zero-order valence-corrected chi connectivity index (χ0v) is 19.7. The summed E-state index contributed by atoms with van der Waals surface area (Å²) < 4.78 is 20.8. The van der Waals surface area contributed by atoms with Crippen molar-refractivity contribution in [1.29, 1.82) is 0 Å². The van der Waals surface area contributed by atoms with Crippen LogP contribution in [0.4, 0.5) is 9.18 Å². The predicted octanol–water partition coefficient (Wildman–Crippen LogP) is 5.64. The van der Waals surface area contributed by atoms with Gasteiger partial charge in [0.1, 0.15) is 18.1 Å². The maximum absolute atomic E-state index is 14.5. The van der Waals surface area contributed by atoms with Gasteiger partial charge in [0.05, 0.1) is 0 Å². The van der Waals surface area contributed by atoms with E-state index in [0.717, 1.165) is 16.0 Å². The van der Waals surface area contributed by atoms with Crippen molar-refractivity contribution in [2.24, 2.45) is 5.92 Å². The summed E-state index contributed by atoms with van der Waals surface area (Å²) in [5, 5.41) is 0. The predicted molar refractivity (Wildman–Crippen MR) is 129 cm³/mol. The summed E-state index contributed by atoms with van der Waals surface area (Å²) in [5.74, 6) is -1.91. The van der Waals surface area contributed by atoms with Crippen molar-refractivity contribution in [2.75, 3.05) is 0 Å². The van der Waals surface area contributed by atoms with Crippen molar-refractivity contribution in [2.45, 2.75) is 25.0 Å². The molecule has 3 aromatic carbocycles. The Labute approximate surface area is 204 Å². The van der Waals surface area contributed by atoms with Gasteiger partial charge in [-0.2, -0.15) is 0 Å². The second-order valence-electron chi connectivity index (χ2n) is 7.78. The van der Waals surface area contributed by atoms with Crippen LogP contribution in [0.25, 0.3) is 0 Å². The summed E-state index contributed by atoms with van der Waals surface area (Å²) in [6.07, 6.45) is -0.976. The molecule has 5 nitrogen and oxygen atoms in total. The lowest BCUT2D eigenvalue weighted by Gasteiger charge is -2.27. The van der Waals surface area contributed by atoms with E-state index >= 15 is 0 Å². The Morgan fingerprint density at radius 1 is 1.00 bits per heavy atom. The van der Waals surface area contributed by atoms with E-state index in [1.165, 1.54) is 6.07 Å². The third kappa shape index (κ3) is 4.83. The number of hydrogen-bond acceptors (Lipinski definition) is 4. The summed E-state index contributed by atoms with van der Waals surface area (Å²) in [5.41, 5.74) is 1.84. The van der Waals surface area contributed by atoms with Crippen LogP contribution >= 0.6 is 22.6 Å². The van der Waals surface area contributed by atoms with E-state index in [9.17, 15) is 18.8 Å². The van der Waals surface area contributed by atoms with E-state index in [0.29, 0.717) is 15.4 Å². The molecule has 0 N–H and O–H groups in total. The quantitative estimate of drug-likeness (QED) is 0.279. The number of cyclic esters (lactones) is 1. The molecule has 1 saturated heterocycles. The molecule has 2 amide bonds. The number of imide groups is 1. The number of halogens is 2. The fraction of sp³-hybridized carbons (Fsp3) is 0.192. The van der Waals surface area contributed by atoms with E-state index in [-0.39, 0.29) is 12.8 Å². The number of benzene rings is 3. The first-order valence-electron chi connectivity index (χ1n) is 10.5. The molecule has 168 valence electrons. The monoisotopic (exact) mass is 557 g/mol. The smallest absolute Gasteiger partial charge is 0.417 e. The molecule has 1 aliphatic rings. The highest BCUT2D eigenvalue weighted by molar-refractivity contribution is 14.1. The van der Waals surface area contributed by atoms with Gasteiger partial charge in [-0.15, -0.1) is 0 Å². The number of amides is 2. The number of aldehydes is 1. The van der Waals surface area contributed by atoms with E-state index in [2.05, 4.69) is 0 Å². The summed E-state index contributed by atoms with van der Waals surface area (Å²) in [6, 6.07) is 22.3. The van der Waals surface area contributed by atoms with Crippen molar-refractivity contribution in [1.82, 2.24) is 4.90 Å². The first-order valence-corrected chi connectivity index (χ1v) is 11.6. The lowest BCUT2D eigenvalue weighted by atomic mass is 9.91. The SMILES string of the molecule is O=CCC(Cc1c(F)cccc1I)C(=O)N1C(=O)OC(c2ccccc2)C1c1ccccc1. The molecule has 0 saturated carbocycles. The third-order valence-corrected chi connectivity index (χ3v) is 6.75. The van der Waals surface area contributed by atoms with Crippen LogP contribution in [0.2, 0.25) is 0 Å². The lowest BCUT2D eigenvalue weighted by Crippen LogP contribution is -2.40. The summed E-state index contributed by atoms with van der Waals surface area (Å²) in [7, 11) is 0. The van der Waals surface area contributed by atoms with Gasteiger partial charge in [0.2, 0.25) is 5.91 Å². The van der Waals surface area contributed by atoms with Gasteiger partial charge >= 0.3 is 6.09 Å². The van der Waals surface area contributed by atoms with Crippen LogP contribution in [0.5, 0.6) is 0 Å². The molecule has 4 rings (SSSR count). The summed E-state index contributed by atoms with van der Waals surface area (Å²) >= 11 is 2.00. The van der Waals surface area contributed by atoms with E-state index in [1.54, 1.807) is 12.1 Å². The van der Waals surface area contributed by atoms with Crippen LogP contribution in [0.15, 0.2) is 78.9 Å². The molecule has 3 atom stereocenters. The summed E-state index contributed by atoms with van der Waals surface area (Å²) in [4.78, 5) is 39.2. The topological polar surface area (TPSA) is 63.7 Å². The highest BCUT2D eigenvalue weighted by Crippen LogP contribution is 2.44. The largest absolute Gasteiger partial charge is 0.438 e. The number of rotatable bonds is 7. The average Bonchev–Trinajstić information content (AvgIpc) is 3.18. The van der Waals surface area contributed by atoms with Crippen molar-refractivity contribution in [3.05, 3.63) is 105 Å². The van der Waals surface area contributed by atoms with Gasteiger partial charge in [-0.1, -0.05) is 66.7 Å². The van der Waals surface area contributed by atoms with Gasteiger partial charge < -0.3 is 9.53 Å². The Morgan fingerprint density at radius 2 is 1.64 bits per heavy atom. The first kappa shape index (κ1) is 23.1. The molecule has 0 radical (unpaired) electrons. The molecule has 0 aromatic heterocycles. The van der Waals surface area contributed by atoms with Crippen LogP contribution in [0.3, 0.4) is 0 Å². The van der Waals surface area contributed by atoms with Crippen molar-refractivity contribution >= 4 is 40.9 Å².